The van der Waals surface area contributed by atoms with Gasteiger partial charge in [-0.05, 0) is 135 Å². The minimum Gasteiger partial charge on any atom is -0.444 e. The number of ether oxygens (including phenoxy) is 1. The van der Waals surface area contributed by atoms with E-state index in [9.17, 15) is 21.6 Å². The van der Waals surface area contributed by atoms with Gasteiger partial charge in [-0.1, -0.05) is 57.8 Å². The van der Waals surface area contributed by atoms with Gasteiger partial charge >= 0.3 is 6.09 Å². The molecule has 2 saturated carbocycles. The first-order chi connectivity index (χ1) is 27.6. The highest BCUT2D eigenvalue weighted by Crippen LogP contribution is 2.42. The molecule has 18 heteroatoms. The summed E-state index contributed by atoms with van der Waals surface area (Å²) in [5.74, 6) is 0.576. The highest BCUT2D eigenvalue weighted by Gasteiger charge is 2.40. The van der Waals surface area contributed by atoms with Crippen LogP contribution in [0.2, 0.25) is 10.0 Å². The number of aromatic nitrogens is 2. The highest BCUT2D eigenvalue weighted by molar-refractivity contribution is 7.90. The van der Waals surface area contributed by atoms with Gasteiger partial charge in [0.2, 0.25) is 20.0 Å². The van der Waals surface area contributed by atoms with E-state index in [1.807, 2.05) is 69.3 Å². The number of nitrogens with two attached hydrogens (primary N) is 1. The number of rotatable bonds is 11. The molecule has 0 saturated heterocycles. The molecule has 14 nitrogen and oxygen atoms in total. The van der Waals surface area contributed by atoms with Gasteiger partial charge in [0.05, 0.1) is 0 Å². The molecule has 0 bridgehead atoms. The van der Waals surface area contributed by atoms with Crippen LogP contribution in [0.3, 0.4) is 0 Å². The molecule has 0 atom stereocenters. The second-order valence-corrected chi connectivity index (χ2v) is 20.9. The fourth-order valence-electron chi connectivity index (χ4n) is 8.22. The second-order valence-electron chi connectivity index (χ2n) is 16.7. The number of halogens is 2. The number of nitrogens with one attached hydrogen (secondary N) is 3. The van der Waals surface area contributed by atoms with Crippen molar-refractivity contribution < 1.29 is 35.4 Å². The van der Waals surface area contributed by atoms with Crippen LogP contribution in [0.1, 0.15) is 106 Å². The minimum absolute atomic E-state index is 0.0979. The van der Waals surface area contributed by atoms with Crippen molar-refractivity contribution in [3.8, 4) is 0 Å². The molecule has 5 N–H and O–H groups in total. The summed E-state index contributed by atoms with van der Waals surface area (Å²) in [7, 11) is -7.40. The molecule has 2 heterocycles. The third-order valence-corrected chi connectivity index (χ3v) is 15.2. The predicted octanol–water partition coefficient (Wildman–Crippen LogP) is 7.69. The number of hydrogen-bond acceptors (Lipinski definition) is 11. The van der Waals surface area contributed by atoms with Crippen molar-refractivity contribution in [1.82, 2.24) is 25.1 Å². The Labute approximate surface area is 357 Å². The molecule has 0 unspecified atom stereocenters. The van der Waals surface area contributed by atoms with E-state index < -0.39 is 31.7 Å². The highest BCUT2D eigenvalue weighted by atomic mass is 35.5. The Morgan fingerprint density at radius 3 is 1.53 bits per heavy atom. The lowest BCUT2D eigenvalue weighted by Crippen LogP contribution is -2.48. The molecular weight excluding hydrogens is 840 g/mol. The number of benzene rings is 2. The Morgan fingerprint density at radius 2 is 1.17 bits per heavy atom. The van der Waals surface area contributed by atoms with E-state index in [1.165, 1.54) is 0 Å². The fraction of sp³-hybridized carbons (Fsp3) is 0.537. The van der Waals surface area contributed by atoms with E-state index in [0.29, 0.717) is 78.8 Å². The van der Waals surface area contributed by atoms with Crippen molar-refractivity contribution in [3.63, 3.8) is 0 Å². The van der Waals surface area contributed by atoms with Gasteiger partial charge in [0, 0.05) is 46.0 Å². The van der Waals surface area contributed by atoms with Crippen molar-refractivity contribution in [2.45, 2.75) is 138 Å². The molecule has 2 aliphatic rings. The van der Waals surface area contributed by atoms with Crippen LogP contribution in [0.25, 0.3) is 0 Å². The Balaban J connectivity index is 0.000000230. The van der Waals surface area contributed by atoms with Crippen LogP contribution in [0.15, 0.2) is 67.4 Å². The third kappa shape index (κ3) is 11.5. The summed E-state index contributed by atoms with van der Waals surface area (Å²) in [5, 5.41) is 11.7. The standard InChI is InChI=1S/C23H32ClN3O5S.C18H24ClN3O3S/c1-15-20(16(2)32-26-15)33(29,30)27-19-9-11-23(12-10-19,17-7-6-8-18(24)13-17)14-25-21(28)31-22(3,4)5;1-12-17(13(2)25-21-12)26(23,24)22-16-6-8-18(11-20,9-7-16)14-4-3-5-15(19)10-14/h6-8,13,19,27H,9-12,14H2,1-5H3,(H,25,28);3-5,10,16,22H,6-9,11,20H2,1-2H3. The van der Waals surface area contributed by atoms with Gasteiger partial charge in [0.25, 0.3) is 0 Å². The van der Waals surface area contributed by atoms with Crippen molar-refractivity contribution in [1.29, 1.82) is 0 Å². The summed E-state index contributed by atoms with van der Waals surface area (Å²) in [5.41, 5.74) is 7.82. The van der Waals surface area contributed by atoms with Crippen LogP contribution >= 0.6 is 23.2 Å². The largest absolute Gasteiger partial charge is 0.444 e. The van der Waals surface area contributed by atoms with E-state index >= 15 is 0 Å². The molecule has 0 aliphatic heterocycles. The molecule has 0 spiro atoms. The molecular formula is C41H56Cl2N6O8S2. The number of aryl methyl sites for hydroxylation is 4. The van der Waals surface area contributed by atoms with Crippen molar-refractivity contribution in [3.05, 3.63) is 92.6 Å². The maximum atomic E-state index is 12.9. The summed E-state index contributed by atoms with van der Waals surface area (Å²) in [6.45, 7) is 12.8. The number of carbonyl (C=O) groups is 1. The fourth-order valence-corrected chi connectivity index (χ4v) is 11.9. The smallest absolute Gasteiger partial charge is 0.407 e. The van der Waals surface area contributed by atoms with Gasteiger partial charge < -0.3 is 24.8 Å². The van der Waals surface area contributed by atoms with E-state index in [4.69, 9.17) is 42.7 Å². The van der Waals surface area contributed by atoms with E-state index in [1.54, 1.807) is 27.7 Å². The summed E-state index contributed by atoms with van der Waals surface area (Å²) in [4.78, 5) is 12.6. The zero-order chi connectivity index (χ0) is 43.4. The molecule has 324 valence electrons. The summed E-state index contributed by atoms with van der Waals surface area (Å²) >= 11 is 12.4. The van der Waals surface area contributed by atoms with E-state index in [0.717, 1.165) is 24.0 Å². The number of nitrogens with zero attached hydrogens (tertiary/aromatic N) is 2. The Bertz CT molecular complexity index is 2270. The van der Waals surface area contributed by atoms with Crippen LogP contribution in [0, 0.1) is 27.7 Å². The molecule has 2 fully saturated rings. The summed E-state index contributed by atoms with van der Waals surface area (Å²) < 4.78 is 72.3. The number of amides is 1. The SMILES string of the molecule is Cc1noc(C)c1S(=O)(=O)NC1CCC(CN)(c2cccc(Cl)c2)CC1.Cc1noc(C)c1S(=O)(=O)NC1CCC(CNC(=O)OC(C)(C)C)(c2cccc(Cl)c2)CC1. The van der Waals surface area contributed by atoms with Crippen molar-refractivity contribution >= 4 is 49.3 Å². The first-order valence-corrected chi connectivity index (χ1v) is 23.4. The van der Waals surface area contributed by atoms with Crippen LogP contribution in [0.4, 0.5) is 4.79 Å². The predicted molar refractivity (Wildman–Crippen MR) is 227 cm³/mol. The average molecular weight is 896 g/mol. The van der Waals surface area contributed by atoms with Crippen LogP contribution in [-0.2, 0) is 35.6 Å². The lowest BCUT2D eigenvalue weighted by molar-refractivity contribution is 0.0506. The number of sulfonamides is 2. The zero-order valence-electron chi connectivity index (χ0n) is 34.7. The van der Waals surface area contributed by atoms with E-state index in [2.05, 4.69) is 25.1 Å². The lowest BCUT2D eigenvalue weighted by Gasteiger charge is -2.41. The van der Waals surface area contributed by atoms with Crippen LogP contribution < -0.4 is 20.5 Å². The first kappa shape index (κ1) is 46.6. The maximum absolute atomic E-state index is 12.9. The minimum atomic E-state index is -3.75. The van der Waals surface area contributed by atoms with E-state index in [-0.39, 0.29) is 38.5 Å². The maximum Gasteiger partial charge on any atom is 0.407 e. The lowest BCUT2D eigenvalue weighted by atomic mass is 9.68. The number of alkyl carbamates (subject to hydrolysis) is 1. The number of carbonyl (C=O) groups excluding carboxylic acids is 1. The number of hydrogen-bond donors (Lipinski definition) is 4. The van der Waals surface area contributed by atoms with Crippen molar-refractivity contribution in [2.75, 3.05) is 13.1 Å². The molecule has 0 radical (unpaired) electrons. The van der Waals surface area contributed by atoms with Crippen LogP contribution in [-0.4, -0.2) is 64.0 Å². The molecule has 2 aromatic carbocycles. The Morgan fingerprint density at radius 1 is 0.763 bits per heavy atom. The molecule has 2 aromatic heterocycles. The van der Waals surface area contributed by atoms with Gasteiger partial charge in [-0.25, -0.2) is 31.1 Å². The molecule has 6 rings (SSSR count). The summed E-state index contributed by atoms with van der Waals surface area (Å²) in [6.07, 6.45) is 5.09. The average Bonchev–Trinajstić information content (AvgIpc) is 3.70. The second kappa shape index (κ2) is 18.6. The third-order valence-electron chi connectivity index (χ3n) is 11.2. The Kier molecular flexibility index (Phi) is 14.7. The Hall–Kier alpha value is -3.51. The van der Waals surface area contributed by atoms with Crippen molar-refractivity contribution in [2.24, 2.45) is 5.73 Å². The molecule has 2 aliphatic carbocycles. The van der Waals surface area contributed by atoms with Gasteiger partial charge in [-0.15, -0.1) is 0 Å². The van der Waals surface area contributed by atoms with Gasteiger partial charge in [0.1, 0.15) is 26.8 Å². The zero-order valence-corrected chi connectivity index (χ0v) is 37.8. The topological polar surface area (TPSA) is 209 Å². The summed E-state index contributed by atoms with van der Waals surface area (Å²) in [6, 6.07) is 15.0. The van der Waals surface area contributed by atoms with Crippen LogP contribution in [0.5, 0.6) is 0 Å². The van der Waals surface area contributed by atoms with Gasteiger partial charge in [-0.3, -0.25) is 0 Å². The molecule has 1 amide bonds. The van der Waals surface area contributed by atoms with Gasteiger partial charge in [-0.2, -0.15) is 0 Å². The first-order valence-electron chi connectivity index (χ1n) is 19.7. The van der Waals surface area contributed by atoms with Gasteiger partial charge in [0.15, 0.2) is 11.5 Å². The quantitative estimate of drug-likeness (QED) is 0.115. The normalized spacial score (nSPS) is 22.6. The monoisotopic (exact) mass is 894 g/mol. The molecule has 59 heavy (non-hydrogen) atoms. The molecule has 4 aromatic rings.